The lowest BCUT2D eigenvalue weighted by Crippen LogP contribution is -2.22. The highest BCUT2D eigenvalue weighted by Gasteiger charge is 2.34. The van der Waals surface area contributed by atoms with Crippen molar-refractivity contribution in [2.24, 2.45) is 5.92 Å². The molecule has 2 aliphatic carbocycles. The van der Waals surface area contributed by atoms with E-state index in [1.54, 1.807) is 12.1 Å². The second-order valence-electron chi connectivity index (χ2n) is 8.62. The topological polar surface area (TPSA) is 74.8 Å². The molecule has 0 amide bonds. The zero-order valence-electron chi connectivity index (χ0n) is 16.4. The van der Waals surface area contributed by atoms with Gasteiger partial charge in [-0.3, -0.25) is 0 Å². The molecule has 5 rings (SSSR count). The molecule has 2 aromatic heterocycles. The Kier molecular flexibility index (Phi) is 4.63. The second-order valence-corrected chi connectivity index (χ2v) is 8.62. The summed E-state index contributed by atoms with van der Waals surface area (Å²) < 4.78 is 2.08. The van der Waals surface area contributed by atoms with Crippen molar-refractivity contribution < 1.29 is 15.0 Å². The van der Waals surface area contributed by atoms with Crippen LogP contribution < -0.4 is 0 Å². The summed E-state index contributed by atoms with van der Waals surface area (Å²) >= 11 is 0. The zero-order valence-corrected chi connectivity index (χ0v) is 16.4. The Morgan fingerprint density at radius 1 is 0.966 bits per heavy atom. The van der Waals surface area contributed by atoms with Crippen LogP contribution in [0.3, 0.4) is 0 Å². The molecule has 2 fully saturated rings. The molecule has 3 aromatic rings. The maximum atomic E-state index is 11.4. The lowest BCUT2D eigenvalue weighted by atomic mass is 9.75. The van der Waals surface area contributed by atoms with Crippen LogP contribution in [-0.2, 0) is 0 Å². The van der Waals surface area contributed by atoms with Crippen molar-refractivity contribution in [2.75, 3.05) is 0 Å². The molecule has 1 atom stereocenters. The minimum absolute atomic E-state index is 0.245. The third-order valence-electron chi connectivity index (χ3n) is 6.80. The Balaban J connectivity index is 1.33. The molecular formula is C24H26N2O3. The number of carbonyl (C=O) groups is 1. The largest absolute Gasteiger partial charge is 0.478 e. The number of nitrogens with zero attached hydrogens (tertiary/aromatic N) is 2. The number of carboxylic acids is 1. The zero-order chi connectivity index (χ0) is 20.0. The predicted octanol–water partition coefficient (Wildman–Crippen LogP) is 4.92. The van der Waals surface area contributed by atoms with Gasteiger partial charge in [-0.05, 0) is 85.6 Å². The molecule has 29 heavy (non-hydrogen) atoms. The fraction of sp³-hybridized carbons (Fsp3) is 0.417. The Bertz CT molecular complexity index is 1030. The quantitative estimate of drug-likeness (QED) is 0.649. The van der Waals surface area contributed by atoms with Gasteiger partial charge in [0, 0.05) is 0 Å². The van der Waals surface area contributed by atoms with E-state index in [0.29, 0.717) is 17.4 Å². The number of carboxylic acid groups (broad SMARTS) is 1. The molecule has 0 bridgehead atoms. The molecule has 2 saturated carbocycles. The minimum atomic E-state index is -0.886. The van der Waals surface area contributed by atoms with Crippen LogP contribution in [0.15, 0.2) is 48.9 Å². The van der Waals surface area contributed by atoms with Gasteiger partial charge in [-0.25, -0.2) is 9.78 Å². The predicted molar refractivity (Wildman–Crippen MR) is 110 cm³/mol. The van der Waals surface area contributed by atoms with E-state index in [9.17, 15) is 9.90 Å². The fourth-order valence-electron chi connectivity index (χ4n) is 4.97. The van der Waals surface area contributed by atoms with Gasteiger partial charge in [-0.2, -0.15) is 0 Å². The average Bonchev–Trinajstić information content (AvgIpc) is 3.49. The van der Waals surface area contributed by atoms with Gasteiger partial charge in [-0.15, -0.1) is 0 Å². The van der Waals surface area contributed by atoms with Gasteiger partial charge < -0.3 is 14.6 Å². The molecule has 2 heterocycles. The molecule has 2 aliphatic rings. The van der Waals surface area contributed by atoms with Crippen LogP contribution in [0.5, 0.6) is 0 Å². The first-order chi connectivity index (χ1) is 14.1. The van der Waals surface area contributed by atoms with Crippen molar-refractivity contribution in [1.29, 1.82) is 0 Å². The molecular weight excluding hydrogens is 364 g/mol. The second kappa shape index (κ2) is 7.30. The van der Waals surface area contributed by atoms with Crippen molar-refractivity contribution >= 4 is 11.5 Å². The minimum Gasteiger partial charge on any atom is -0.478 e. The van der Waals surface area contributed by atoms with Crippen molar-refractivity contribution in [3.63, 3.8) is 0 Å². The number of fused-ring (bicyclic) bond motifs is 1. The first-order valence-corrected chi connectivity index (χ1v) is 10.6. The third-order valence-corrected chi connectivity index (χ3v) is 6.80. The van der Waals surface area contributed by atoms with Crippen LogP contribution in [-0.4, -0.2) is 25.6 Å². The molecule has 5 nitrogen and oxygen atoms in total. The highest BCUT2D eigenvalue weighted by atomic mass is 16.4. The van der Waals surface area contributed by atoms with E-state index >= 15 is 0 Å². The van der Waals surface area contributed by atoms with Gasteiger partial charge in [0.15, 0.2) is 0 Å². The van der Waals surface area contributed by atoms with Crippen molar-refractivity contribution in [3.8, 4) is 0 Å². The lowest BCUT2D eigenvalue weighted by molar-refractivity contribution is 0.0696. The summed E-state index contributed by atoms with van der Waals surface area (Å²) in [5.41, 5.74) is 4.90. The van der Waals surface area contributed by atoms with Crippen LogP contribution in [0.4, 0.5) is 0 Å². The molecule has 1 unspecified atom stereocenters. The standard InChI is InChI=1S/C24H26N2O3/c27-23(22-21(17-5-6-17)12-11-20-13-25-14-26(20)22)18-7-1-15(2-8-18)16-3-9-19(10-4-16)24(28)29/h3-4,9-15,17-18,23,27H,1-2,5-8H2,(H,28,29). The molecule has 2 N–H and O–H groups in total. The number of rotatable bonds is 5. The first-order valence-electron chi connectivity index (χ1n) is 10.6. The van der Waals surface area contributed by atoms with Crippen molar-refractivity contribution in [3.05, 3.63) is 71.3 Å². The number of benzene rings is 1. The fourth-order valence-corrected chi connectivity index (χ4v) is 4.97. The SMILES string of the molecule is O=C(O)c1ccc(C2CCC(C(O)c3c(C4CC4)ccc4cncn34)CC2)cc1. The molecule has 1 aromatic carbocycles. The molecule has 0 spiro atoms. The number of hydrogen-bond donors (Lipinski definition) is 2. The number of imidazole rings is 1. The summed E-state index contributed by atoms with van der Waals surface area (Å²) in [6.07, 6.45) is 9.61. The summed E-state index contributed by atoms with van der Waals surface area (Å²) in [6, 6.07) is 11.6. The third kappa shape index (κ3) is 3.44. The number of aliphatic hydroxyl groups is 1. The summed E-state index contributed by atoms with van der Waals surface area (Å²) in [6.45, 7) is 0. The van der Waals surface area contributed by atoms with E-state index < -0.39 is 12.1 Å². The van der Waals surface area contributed by atoms with E-state index in [4.69, 9.17) is 5.11 Å². The van der Waals surface area contributed by atoms with Crippen LogP contribution in [0, 0.1) is 5.92 Å². The number of aromatic carboxylic acids is 1. The van der Waals surface area contributed by atoms with Gasteiger partial charge >= 0.3 is 5.97 Å². The smallest absolute Gasteiger partial charge is 0.335 e. The molecule has 0 radical (unpaired) electrons. The monoisotopic (exact) mass is 390 g/mol. The molecule has 5 heteroatoms. The van der Waals surface area contributed by atoms with Crippen LogP contribution in [0.2, 0.25) is 0 Å². The molecule has 0 saturated heterocycles. The number of aliphatic hydroxyl groups excluding tert-OH is 1. The maximum Gasteiger partial charge on any atom is 0.335 e. The Hall–Kier alpha value is -2.66. The van der Waals surface area contributed by atoms with E-state index in [-0.39, 0.29) is 5.92 Å². The summed E-state index contributed by atoms with van der Waals surface area (Å²) in [5.74, 6) is 0.377. The number of aromatic nitrogens is 2. The Morgan fingerprint density at radius 2 is 1.66 bits per heavy atom. The van der Waals surface area contributed by atoms with Crippen LogP contribution >= 0.6 is 0 Å². The number of pyridine rings is 1. The Morgan fingerprint density at radius 3 is 2.31 bits per heavy atom. The van der Waals surface area contributed by atoms with Crippen molar-refractivity contribution in [2.45, 2.75) is 56.5 Å². The summed E-state index contributed by atoms with van der Waals surface area (Å²) in [4.78, 5) is 15.4. The maximum absolute atomic E-state index is 11.4. The Labute approximate surface area is 170 Å². The van der Waals surface area contributed by atoms with E-state index in [2.05, 4.69) is 21.5 Å². The van der Waals surface area contributed by atoms with E-state index in [0.717, 1.165) is 36.9 Å². The highest BCUT2D eigenvalue weighted by molar-refractivity contribution is 5.87. The normalized spacial score (nSPS) is 23.2. The molecule has 150 valence electrons. The summed E-state index contributed by atoms with van der Waals surface area (Å²) in [5, 5.41) is 20.4. The van der Waals surface area contributed by atoms with Gasteiger partial charge in [0.25, 0.3) is 0 Å². The lowest BCUT2D eigenvalue weighted by Gasteiger charge is -2.33. The van der Waals surface area contributed by atoms with Crippen LogP contribution in [0.1, 0.15) is 83.6 Å². The van der Waals surface area contributed by atoms with Gasteiger partial charge in [0.1, 0.15) is 0 Å². The van der Waals surface area contributed by atoms with E-state index in [1.807, 2.05) is 24.7 Å². The summed E-state index contributed by atoms with van der Waals surface area (Å²) in [7, 11) is 0. The van der Waals surface area contributed by atoms with Gasteiger partial charge in [0.2, 0.25) is 0 Å². The first kappa shape index (κ1) is 18.4. The van der Waals surface area contributed by atoms with E-state index in [1.165, 1.54) is 24.0 Å². The van der Waals surface area contributed by atoms with Crippen LogP contribution in [0.25, 0.3) is 5.52 Å². The average molecular weight is 390 g/mol. The highest BCUT2D eigenvalue weighted by Crippen LogP contribution is 2.47. The van der Waals surface area contributed by atoms with Crippen molar-refractivity contribution in [1.82, 2.24) is 9.38 Å². The van der Waals surface area contributed by atoms with Gasteiger partial charge in [0.05, 0.1) is 35.4 Å². The van der Waals surface area contributed by atoms with Gasteiger partial charge in [-0.1, -0.05) is 18.2 Å². The number of hydrogen-bond acceptors (Lipinski definition) is 3. The molecule has 0 aliphatic heterocycles.